The second kappa shape index (κ2) is 6.96. The van der Waals surface area contributed by atoms with Gasteiger partial charge in [-0.1, -0.05) is 49.6 Å². The molecule has 0 heterocycles. The molecule has 1 saturated carbocycles. The van der Waals surface area contributed by atoms with Crippen molar-refractivity contribution in [3.05, 3.63) is 35.4 Å². The van der Waals surface area contributed by atoms with Crippen molar-refractivity contribution in [1.82, 2.24) is 5.32 Å². The highest BCUT2D eigenvalue weighted by molar-refractivity contribution is 5.26. The maximum Gasteiger partial charge on any atom is 0.00966 e. The Morgan fingerprint density at radius 2 is 1.95 bits per heavy atom. The van der Waals surface area contributed by atoms with Gasteiger partial charge in [-0.05, 0) is 70.4 Å². The fourth-order valence-corrected chi connectivity index (χ4v) is 3.68. The van der Waals surface area contributed by atoms with E-state index in [2.05, 4.69) is 64.2 Å². The number of hydrogen-bond acceptors (Lipinski definition) is 1. The summed E-state index contributed by atoms with van der Waals surface area (Å²) in [7, 11) is 0. The van der Waals surface area contributed by atoms with Crippen LogP contribution in [0.1, 0.15) is 70.4 Å². The summed E-state index contributed by atoms with van der Waals surface area (Å²) < 4.78 is 0. The maximum absolute atomic E-state index is 3.74. The molecule has 0 aliphatic heterocycles. The van der Waals surface area contributed by atoms with Gasteiger partial charge < -0.3 is 5.32 Å². The summed E-state index contributed by atoms with van der Waals surface area (Å²) in [5, 5.41) is 3.74. The van der Waals surface area contributed by atoms with Crippen LogP contribution in [0.3, 0.4) is 0 Å². The monoisotopic (exact) mass is 287 g/mol. The van der Waals surface area contributed by atoms with Crippen LogP contribution in [-0.2, 0) is 0 Å². The molecule has 0 aromatic heterocycles. The summed E-state index contributed by atoms with van der Waals surface area (Å²) in [5.41, 5.74) is 3.18. The van der Waals surface area contributed by atoms with E-state index in [1.54, 1.807) is 5.56 Å². The van der Waals surface area contributed by atoms with Crippen LogP contribution in [0.15, 0.2) is 24.3 Å². The first-order valence-corrected chi connectivity index (χ1v) is 8.70. The Hall–Kier alpha value is -0.820. The molecule has 3 unspecified atom stereocenters. The lowest BCUT2D eigenvalue weighted by molar-refractivity contribution is 0.213. The molecule has 118 valence electrons. The SMILES string of the molecule is CCC1CCC(CNC(C)(C)C)C(c2cccc(C)c2)C1. The molecule has 0 amide bonds. The first kappa shape index (κ1) is 16.5. The van der Waals surface area contributed by atoms with Crippen molar-refractivity contribution in [1.29, 1.82) is 0 Å². The van der Waals surface area contributed by atoms with Crippen LogP contribution in [0.5, 0.6) is 0 Å². The molecule has 0 radical (unpaired) electrons. The first-order valence-electron chi connectivity index (χ1n) is 8.70. The Bertz CT molecular complexity index is 443. The average Bonchev–Trinajstić information content (AvgIpc) is 2.44. The number of benzene rings is 1. The number of nitrogens with one attached hydrogen (secondary N) is 1. The lowest BCUT2D eigenvalue weighted by Crippen LogP contribution is -2.41. The standard InChI is InChI=1S/C20H33N/c1-6-16-10-11-18(14-21-20(3,4)5)19(13-16)17-9-7-8-15(2)12-17/h7-9,12,16,18-19,21H,6,10-11,13-14H2,1-5H3. The second-order valence-electron chi connectivity index (χ2n) is 8.00. The summed E-state index contributed by atoms with van der Waals surface area (Å²) in [6, 6.07) is 9.20. The minimum atomic E-state index is 0.221. The molecule has 1 fully saturated rings. The maximum atomic E-state index is 3.74. The summed E-state index contributed by atoms with van der Waals surface area (Å²) in [6.07, 6.45) is 5.49. The van der Waals surface area contributed by atoms with Crippen molar-refractivity contribution in [2.24, 2.45) is 11.8 Å². The van der Waals surface area contributed by atoms with Crippen LogP contribution in [0, 0.1) is 18.8 Å². The summed E-state index contributed by atoms with van der Waals surface area (Å²) in [6.45, 7) is 12.5. The molecule has 21 heavy (non-hydrogen) atoms. The van der Waals surface area contributed by atoms with Crippen molar-refractivity contribution in [2.75, 3.05) is 6.54 Å². The third-order valence-corrected chi connectivity index (χ3v) is 5.04. The molecule has 1 aromatic carbocycles. The zero-order valence-corrected chi connectivity index (χ0v) is 14.6. The fourth-order valence-electron chi connectivity index (χ4n) is 3.68. The van der Waals surface area contributed by atoms with Gasteiger partial charge in [-0.2, -0.15) is 0 Å². The lowest BCUT2D eigenvalue weighted by atomic mass is 9.70. The smallest absolute Gasteiger partial charge is 0.00966 e. The van der Waals surface area contributed by atoms with Gasteiger partial charge in [-0.15, -0.1) is 0 Å². The fraction of sp³-hybridized carbons (Fsp3) is 0.700. The minimum Gasteiger partial charge on any atom is -0.312 e. The molecule has 3 atom stereocenters. The van der Waals surface area contributed by atoms with Gasteiger partial charge in [0.25, 0.3) is 0 Å². The van der Waals surface area contributed by atoms with Gasteiger partial charge >= 0.3 is 0 Å². The minimum absolute atomic E-state index is 0.221. The van der Waals surface area contributed by atoms with E-state index in [4.69, 9.17) is 0 Å². The first-order chi connectivity index (χ1) is 9.89. The molecule has 0 spiro atoms. The number of aryl methyl sites for hydroxylation is 1. The zero-order valence-electron chi connectivity index (χ0n) is 14.6. The van der Waals surface area contributed by atoms with Crippen LogP contribution in [-0.4, -0.2) is 12.1 Å². The normalized spacial score (nSPS) is 26.8. The molecule has 1 aromatic rings. The van der Waals surface area contributed by atoms with Gasteiger partial charge in [0.1, 0.15) is 0 Å². The van der Waals surface area contributed by atoms with E-state index >= 15 is 0 Å². The Morgan fingerprint density at radius 1 is 1.19 bits per heavy atom. The van der Waals surface area contributed by atoms with Gasteiger partial charge in [0.05, 0.1) is 0 Å². The van der Waals surface area contributed by atoms with E-state index in [1.807, 2.05) is 0 Å². The van der Waals surface area contributed by atoms with Crippen molar-refractivity contribution in [3.63, 3.8) is 0 Å². The van der Waals surface area contributed by atoms with Crippen molar-refractivity contribution in [3.8, 4) is 0 Å². The molecular weight excluding hydrogens is 254 g/mol. The van der Waals surface area contributed by atoms with E-state index in [9.17, 15) is 0 Å². The molecule has 1 N–H and O–H groups in total. The van der Waals surface area contributed by atoms with Gasteiger partial charge in [0.2, 0.25) is 0 Å². The second-order valence-corrected chi connectivity index (χ2v) is 8.00. The molecule has 1 heteroatoms. The van der Waals surface area contributed by atoms with E-state index in [1.165, 1.54) is 31.2 Å². The Labute approximate surface area is 131 Å². The summed E-state index contributed by atoms with van der Waals surface area (Å²) in [5.74, 6) is 2.44. The molecule has 0 saturated heterocycles. The predicted octanol–water partition coefficient (Wildman–Crippen LogP) is 5.29. The van der Waals surface area contributed by atoms with Crippen molar-refractivity contribution in [2.45, 2.75) is 71.8 Å². The van der Waals surface area contributed by atoms with Gasteiger partial charge in [-0.3, -0.25) is 0 Å². The van der Waals surface area contributed by atoms with E-state index in [0.29, 0.717) is 0 Å². The average molecular weight is 287 g/mol. The highest BCUT2D eigenvalue weighted by atomic mass is 14.9. The third-order valence-electron chi connectivity index (χ3n) is 5.04. The zero-order chi connectivity index (χ0) is 15.5. The molecule has 2 rings (SSSR count). The molecular formula is C20H33N. The Kier molecular flexibility index (Phi) is 5.48. The van der Waals surface area contributed by atoms with Gasteiger partial charge in [0, 0.05) is 5.54 Å². The summed E-state index contributed by atoms with van der Waals surface area (Å²) in [4.78, 5) is 0. The number of hydrogen-bond donors (Lipinski definition) is 1. The van der Waals surface area contributed by atoms with E-state index < -0.39 is 0 Å². The largest absolute Gasteiger partial charge is 0.312 e. The van der Waals surface area contributed by atoms with Crippen molar-refractivity contribution < 1.29 is 0 Å². The van der Waals surface area contributed by atoms with Crippen LogP contribution in [0.4, 0.5) is 0 Å². The highest BCUT2D eigenvalue weighted by Gasteiger charge is 2.31. The van der Waals surface area contributed by atoms with Crippen molar-refractivity contribution >= 4 is 0 Å². The van der Waals surface area contributed by atoms with Crippen LogP contribution < -0.4 is 5.32 Å². The third kappa shape index (κ3) is 4.85. The van der Waals surface area contributed by atoms with Crippen LogP contribution in [0.25, 0.3) is 0 Å². The molecule has 1 nitrogen and oxygen atoms in total. The molecule has 1 aliphatic carbocycles. The Morgan fingerprint density at radius 3 is 2.57 bits per heavy atom. The summed E-state index contributed by atoms with van der Waals surface area (Å²) >= 11 is 0. The Balaban J connectivity index is 2.13. The lowest BCUT2D eigenvalue weighted by Gasteiger charge is -2.38. The molecule has 1 aliphatic rings. The predicted molar refractivity (Wildman–Crippen MR) is 92.8 cm³/mol. The van der Waals surface area contributed by atoms with Gasteiger partial charge in [-0.25, -0.2) is 0 Å². The highest BCUT2D eigenvalue weighted by Crippen LogP contribution is 2.41. The molecule has 0 bridgehead atoms. The van der Waals surface area contributed by atoms with Crippen LogP contribution in [0.2, 0.25) is 0 Å². The van der Waals surface area contributed by atoms with Gasteiger partial charge in [0.15, 0.2) is 0 Å². The quantitative estimate of drug-likeness (QED) is 0.793. The van der Waals surface area contributed by atoms with E-state index in [-0.39, 0.29) is 5.54 Å². The topological polar surface area (TPSA) is 12.0 Å². The van der Waals surface area contributed by atoms with Crippen LogP contribution >= 0.6 is 0 Å². The number of rotatable bonds is 4. The van der Waals surface area contributed by atoms with E-state index in [0.717, 1.165) is 24.3 Å².